The molecule has 3 rings (SSSR count). The predicted molar refractivity (Wildman–Crippen MR) is 92.1 cm³/mol. The Hall–Kier alpha value is -1.65. The molecule has 1 heterocycles. The van der Waals surface area contributed by atoms with Gasteiger partial charge in [0.1, 0.15) is 12.6 Å². The number of Topliss-reactive ketones (excluding diaryl/α,β-unsaturated/α-hetero) is 1. The Morgan fingerprint density at radius 2 is 1.96 bits per heavy atom. The van der Waals surface area contributed by atoms with Crippen LogP contribution in [0.25, 0.3) is 10.9 Å². The van der Waals surface area contributed by atoms with Gasteiger partial charge in [-0.1, -0.05) is 18.2 Å². The average molecular weight is 315 g/mol. The number of hydrogen-bond acceptors (Lipinski definition) is 2. The number of aromatic nitrogens is 1. The molecule has 1 aliphatic rings. The van der Waals surface area contributed by atoms with Gasteiger partial charge in [-0.25, -0.2) is 0 Å². The van der Waals surface area contributed by atoms with Crippen LogP contribution in [0.2, 0.25) is 0 Å². The molecule has 0 bridgehead atoms. The van der Waals surface area contributed by atoms with Gasteiger partial charge in [0.15, 0.2) is 5.78 Å². The number of fused-ring (bicyclic) bond motifs is 3. The van der Waals surface area contributed by atoms with Crippen molar-refractivity contribution in [1.29, 1.82) is 0 Å². The normalized spacial score (nSPS) is 16.1. The van der Waals surface area contributed by atoms with Crippen molar-refractivity contribution in [2.45, 2.75) is 45.8 Å². The first kappa shape index (κ1) is 16.2. The van der Waals surface area contributed by atoms with Crippen molar-refractivity contribution < 1.29 is 14.8 Å². The van der Waals surface area contributed by atoms with Crippen LogP contribution in [0, 0.1) is 0 Å². The molecule has 0 spiro atoms. The van der Waals surface area contributed by atoms with E-state index in [-0.39, 0.29) is 5.78 Å². The van der Waals surface area contributed by atoms with Gasteiger partial charge in [0.05, 0.1) is 25.3 Å². The van der Waals surface area contributed by atoms with Crippen molar-refractivity contribution in [3.05, 3.63) is 35.5 Å². The molecule has 4 nitrogen and oxygen atoms in total. The van der Waals surface area contributed by atoms with Gasteiger partial charge in [0, 0.05) is 17.3 Å². The lowest BCUT2D eigenvalue weighted by atomic mass is 9.94. The van der Waals surface area contributed by atoms with E-state index in [1.165, 1.54) is 15.8 Å². The van der Waals surface area contributed by atoms with Crippen molar-refractivity contribution >= 4 is 16.7 Å². The summed E-state index contributed by atoms with van der Waals surface area (Å²) in [6.07, 6.45) is 2.10. The number of ketones is 1. The maximum atomic E-state index is 12.5. The molecule has 0 amide bonds. The van der Waals surface area contributed by atoms with Gasteiger partial charge in [-0.2, -0.15) is 0 Å². The van der Waals surface area contributed by atoms with Gasteiger partial charge >= 0.3 is 0 Å². The Bertz CT molecular complexity index is 701. The quantitative estimate of drug-likeness (QED) is 0.847. The molecule has 1 atom stereocenters. The number of rotatable bonds is 6. The van der Waals surface area contributed by atoms with Gasteiger partial charge in [-0.05, 0) is 38.3 Å². The molecular weight excluding hydrogens is 288 g/mol. The van der Waals surface area contributed by atoms with Crippen molar-refractivity contribution in [3.8, 4) is 0 Å². The largest absolute Gasteiger partial charge is 0.385 e. The summed E-state index contributed by atoms with van der Waals surface area (Å²) in [4.78, 5) is 13.9. The third-order valence-corrected chi connectivity index (χ3v) is 5.09. The van der Waals surface area contributed by atoms with Gasteiger partial charge in [-0.15, -0.1) is 0 Å². The molecule has 1 aliphatic carbocycles. The lowest BCUT2D eigenvalue weighted by molar-refractivity contribution is -0.899. The van der Waals surface area contributed by atoms with Gasteiger partial charge in [-0.3, -0.25) is 4.79 Å². The van der Waals surface area contributed by atoms with E-state index in [2.05, 4.69) is 30.5 Å². The number of aryl methyl sites for hydroxylation is 1. The van der Waals surface area contributed by atoms with E-state index in [9.17, 15) is 9.90 Å². The van der Waals surface area contributed by atoms with Crippen LogP contribution in [-0.2, 0) is 13.0 Å². The first-order chi connectivity index (χ1) is 11.2. The molecule has 2 N–H and O–H groups in total. The highest BCUT2D eigenvalue weighted by Crippen LogP contribution is 2.32. The average Bonchev–Trinajstić information content (AvgIpc) is 2.88. The van der Waals surface area contributed by atoms with Crippen LogP contribution in [0.4, 0.5) is 0 Å². The summed E-state index contributed by atoms with van der Waals surface area (Å²) < 4.78 is 2.07. The maximum Gasteiger partial charge on any atom is 0.179 e. The summed E-state index contributed by atoms with van der Waals surface area (Å²) in [5, 5.41) is 11.7. The smallest absolute Gasteiger partial charge is 0.179 e. The van der Waals surface area contributed by atoms with E-state index in [1.54, 1.807) is 0 Å². The molecule has 0 saturated carbocycles. The maximum absolute atomic E-state index is 12.5. The molecular formula is C19H27N2O2+. The minimum atomic E-state index is -0.431. The number of benzene rings is 1. The number of para-hydroxylation sites is 1. The van der Waals surface area contributed by atoms with Crippen LogP contribution >= 0.6 is 0 Å². The fourth-order valence-electron chi connectivity index (χ4n) is 3.83. The highest BCUT2D eigenvalue weighted by molar-refractivity contribution is 6.04. The van der Waals surface area contributed by atoms with Crippen molar-refractivity contribution in [3.63, 3.8) is 0 Å². The number of carbonyl (C=O) groups excluding carboxylic acids is 1. The second-order valence-corrected chi connectivity index (χ2v) is 6.55. The van der Waals surface area contributed by atoms with Crippen LogP contribution in [0.3, 0.4) is 0 Å². The molecule has 1 aromatic carbocycles. The molecule has 0 saturated heterocycles. The number of quaternary nitrogens is 1. The summed E-state index contributed by atoms with van der Waals surface area (Å²) in [5.74, 6) is 0.227. The standard InChI is InChI=1S/C19H26N2O2/c1-3-20(4-2)12-14(22)13-21-17-10-6-5-8-15(17)16-9-7-11-18(23)19(16)21/h5-6,8,10,14,22H,3-4,7,9,11-13H2,1-2H3/p+1/t14-/m0/s1. The van der Waals surface area contributed by atoms with Gasteiger partial charge in [0.2, 0.25) is 0 Å². The Kier molecular flexibility index (Phi) is 4.83. The summed E-state index contributed by atoms with van der Waals surface area (Å²) in [7, 11) is 0. The summed E-state index contributed by atoms with van der Waals surface area (Å²) >= 11 is 0. The zero-order valence-corrected chi connectivity index (χ0v) is 14.1. The van der Waals surface area contributed by atoms with Crippen LogP contribution in [0.15, 0.2) is 24.3 Å². The second kappa shape index (κ2) is 6.85. The predicted octanol–water partition coefficient (Wildman–Crippen LogP) is 1.45. The Labute approximate surface area is 137 Å². The molecule has 124 valence electrons. The molecule has 1 aromatic heterocycles. The fraction of sp³-hybridized carbons (Fsp3) is 0.526. The molecule has 0 fully saturated rings. The highest BCUT2D eigenvalue weighted by Gasteiger charge is 2.27. The van der Waals surface area contributed by atoms with E-state index in [0.717, 1.165) is 43.7 Å². The van der Waals surface area contributed by atoms with E-state index >= 15 is 0 Å². The van der Waals surface area contributed by atoms with Crippen LogP contribution in [0.5, 0.6) is 0 Å². The number of nitrogens with zero attached hydrogens (tertiary/aromatic N) is 1. The number of aliphatic hydroxyl groups is 1. The molecule has 2 aromatic rings. The number of aliphatic hydroxyl groups excluding tert-OH is 1. The zero-order chi connectivity index (χ0) is 16.4. The summed E-state index contributed by atoms with van der Waals surface area (Å²) in [6.45, 7) is 7.53. The topological polar surface area (TPSA) is 46.7 Å². The summed E-state index contributed by atoms with van der Waals surface area (Å²) in [6, 6.07) is 8.21. The van der Waals surface area contributed by atoms with Gasteiger partial charge < -0.3 is 14.6 Å². The first-order valence-electron chi connectivity index (χ1n) is 8.80. The molecule has 0 unspecified atom stereocenters. The first-order valence-corrected chi connectivity index (χ1v) is 8.80. The Morgan fingerprint density at radius 3 is 2.70 bits per heavy atom. The van der Waals surface area contributed by atoms with Crippen molar-refractivity contribution in [2.24, 2.45) is 0 Å². The lowest BCUT2D eigenvalue weighted by Crippen LogP contribution is -3.12. The van der Waals surface area contributed by atoms with Crippen LogP contribution < -0.4 is 4.90 Å². The Balaban J connectivity index is 1.97. The van der Waals surface area contributed by atoms with Gasteiger partial charge in [0.25, 0.3) is 0 Å². The highest BCUT2D eigenvalue weighted by atomic mass is 16.3. The number of nitrogens with one attached hydrogen (secondary N) is 1. The number of likely N-dealkylation sites (N-methyl/N-ethyl adjacent to an activating group) is 1. The van der Waals surface area contributed by atoms with Crippen molar-refractivity contribution in [1.82, 2.24) is 4.57 Å². The fourth-order valence-corrected chi connectivity index (χ4v) is 3.83. The molecule has 4 heteroatoms. The van der Waals surface area contributed by atoms with E-state index < -0.39 is 6.10 Å². The van der Waals surface area contributed by atoms with Crippen molar-refractivity contribution in [2.75, 3.05) is 19.6 Å². The molecule has 0 radical (unpaired) electrons. The van der Waals surface area contributed by atoms with E-state index in [0.29, 0.717) is 13.0 Å². The minimum Gasteiger partial charge on any atom is -0.385 e. The van der Waals surface area contributed by atoms with E-state index in [4.69, 9.17) is 0 Å². The van der Waals surface area contributed by atoms with E-state index in [1.807, 2.05) is 12.1 Å². The third kappa shape index (κ3) is 3.06. The zero-order valence-electron chi connectivity index (χ0n) is 14.1. The minimum absolute atomic E-state index is 0.227. The Morgan fingerprint density at radius 1 is 1.22 bits per heavy atom. The SMILES string of the molecule is CC[NH+](CC)C[C@H](O)Cn1c2c(c3ccccc31)CCCC2=O. The summed E-state index contributed by atoms with van der Waals surface area (Å²) in [5.41, 5.74) is 3.10. The van der Waals surface area contributed by atoms with Crippen LogP contribution in [-0.4, -0.2) is 41.2 Å². The van der Waals surface area contributed by atoms with Crippen LogP contribution in [0.1, 0.15) is 42.7 Å². The molecule has 0 aliphatic heterocycles. The number of carbonyl (C=O) groups is 1. The third-order valence-electron chi connectivity index (χ3n) is 5.09. The number of hydrogen-bond donors (Lipinski definition) is 2. The lowest BCUT2D eigenvalue weighted by Gasteiger charge is -2.21. The monoisotopic (exact) mass is 315 g/mol. The second-order valence-electron chi connectivity index (χ2n) is 6.55. The molecule has 23 heavy (non-hydrogen) atoms.